The van der Waals surface area contributed by atoms with Gasteiger partial charge >= 0.3 is 0 Å². The number of hydrogen-bond acceptors (Lipinski definition) is 4. The third kappa shape index (κ3) is 1.80. The molecule has 0 radical (unpaired) electrons. The molecular formula is C10H17N3O. The van der Waals surface area contributed by atoms with E-state index in [-0.39, 0.29) is 5.92 Å². The quantitative estimate of drug-likeness (QED) is 0.793. The summed E-state index contributed by atoms with van der Waals surface area (Å²) in [5.41, 5.74) is 5.54. The summed E-state index contributed by atoms with van der Waals surface area (Å²) in [6, 6.07) is 0. The van der Waals surface area contributed by atoms with Crippen molar-refractivity contribution in [3.05, 3.63) is 11.7 Å². The standard InChI is InChI=1S/C10H17N3O/c1-6(5-11)9-12-10(14-13-9)7(2)8-3-4-8/h6-8H,3-5,11H2,1-2H3. The third-order valence-corrected chi connectivity index (χ3v) is 2.97. The molecule has 2 atom stereocenters. The lowest BCUT2D eigenvalue weighted by Gasteiger charge is -2.02. The van der Waals surface area contributed by atoms with Crippen LogP contribution in [0.25, 0.3) is 0 Å². The van der Waals surface area contributed by atoms with E-state index in [0.717, 1.165) is 17.6 Å². The topological polar surface area (TPSA) is 64.9 Å². The average Bonchev–Trinajstić information content (AvgIpc) is 2.93. The normalized spacial score (nSPS) is 20.8. The fourth-order valence-corrected chi connectivity index (χ4v) is 1.54. The van der Waals surface area contributed by atoms with Gasteiger partial charge in [-0.05, 0) is 18.8 Å². The predicted octanol–water partition coefficient (Wildman–Crippen LogP) is 1.65. The average molecular weight is 195 g/mol. The molecule has 1 aliphatic rings. The Morgan fingerprint density at radius 3 is 2.79 bits per heavy atom. The van der Waals surface area contributed by atoms with Gasteiger partial charge in [-0.3, -0.25) is 0 Å². The zero-order chi connectivity index (χ0) is 10.1. The summed E-state index contributed by atoms with van der Waals surface area (Å²) in [7, 11) is 0. The second kappa shape index (κ2) is 3.69. The van der Waals surface area contributed by atoms with Crippen LogP contribution < -0.4 is 5.73 Å². The summed E-state index contributed by atoms with van der Waals surface area (Å²) in [6.45, 7) is 4.73. The highest BCUT2D eigenvalue weighted by atomic mass is 16.5. The van der Waals surface area contributed by atoms with Gasteiger partial charge in [0.05, 0.1) is 0 Å². The van der Waals surface area contributed by atoms with Crippen molar-refractivity contribution in [3.63, 3.8) is 0 Å². The molecule has 1 aromatic heterocycles. The van der Waals surface area contributed by atoms with Crippen LogP contribution in [0.3, 0.4) is 0 Å². The van der Waals surface area contributed by atoms with Crippen molar-refractivity contribution in [1.29, 1.82) is 0 Å². The van der Waals surface area contributed by atoms with E-state index in [4.69, 9.17) is 10.3 Å². The van der Waals surface area contributed by atoms with Crippen molar-refractivity contribution in [1.82, 2.24) is 10.1 Å². The van der Waals surface area contributed by atoms with E-state index < -0.39 is 0 Å². The largest absolute Gasteiger partial charge is 0.339 e. The summed E-state index contributed by atoms with van der Waals surface area (Å²) < 4.78 is 5.23. The van der Waals surface area contributed by atoms with Crippen molar-refractivity contribution >= 4 is 0 Å². The Labute approximate surface area is 83.9 Å². The molecule has 0 amide bonds. The molecule has 2 N–H and O–H groups in total. The Morgan fingerprint density at radius 1 is 1.50 bits per heavy atom. The maximum atomic E-state index is 5.54. The molecule has 0 saturated heterocycles. The molecule has 2 rings (SSSR count). The number of aromatic nitrogens is 2. The Kier molecular flexibility index (Phi) is 2.54. The van der Waals surface area contributed by atoms with E-state index in [2.05, 4.69) is 17.1 Å². The Hall–Kier alpha value is -0.900. The maximum Gasteiger partial charge on any atom is 0.229 e. The van der Waals surface area contributed by atoms with Crippen LogP contribution in [-0.4, -0.2) is 16.7 Å². The second-order valence-electron chi connectivity index (χ2n) is 4.25. The van der Waals surface area contributed by atoms with Gasteiger partial charge in [-0.25, -0.2) is 0 Å². The molecule has 1 aliphatic carbocycles. The van der Waals surface area contributed by atoms with E-state index in [0.29, 0.717) is 12.5 Å². The molecule has 1 saturated carbocycles. The van der Waals surface area contributed by atoms with Crippen LogP contribution in [-0.2, 0) is 0 Å². The van der Waals surface area contributed by atoms with Gasteiger partial charge < -0.3 is 10.3 Å². The lowest BCUT2D eigenvalue weighted by Crippen LogP contribution is -2.10. The van der Waals surface area contributed by atoms with Crippen molar-refractivity contribution in [2.75, 3.05) is 6.54 Å². The van der Waals surface area contributed by atoms with Crippen molar-refractivity contribution in [2.24, 2.45) is 11.7 Å². The van der Waals surface area contributed by atoms with Crippen LogP contribution in [0.4, 0.5) is 0 Å². The van der Waals surface area contributed by atoms with Crippen LogP contribution in [0.5, 0.6) is 0 Å². The zero-order valence-corrected chi connectivity index (χ0v) is 8.73. The summed E-state index contributed by atoms with van der Waals surface area (Å²) in [5, 5.41) is 3.95. The zero-order valence-electron chi connectivity index (χ0n) is 8.73. The van der Waals surface area contributed by atoms with Gasteiger partial charge in [0.2, 0.25) is 5.89 Å². The first kappa shape index (κ1) is 9.65. The van der Waals surface area contributed by atoms with Gasteiger partial charge in [0, 0.05) is 18.4 Å². The van der Waals surface area contributed by atoms with Crippen LogP contribution in [0.1, 0.15) is 50.2 Å². The van der Waals surface area contributed by atoms with E-state index >= 15 is 0 Å². The highest BCUT2D eigenvalue weighted by Crippen LogP contribution is 2.41. The molecule has 2 unspecified atom stereocenters. The van der Waals surface area contributed by atoms with Gasteiger partial charge in [-0.2, -0.15) is 4.98 Å². The summed E-state index contributed by atoms with van der Waals surface area (Å²) >= 11 is 0. The minimum Gasteiger partial charge on any atom is -0.339 e. The predicted molar refractivity (Wildman–Crippen MR) is 52.9 cm³/mol. The molecular weight excluding hydrogens is 178 g/mol. The molecule has 0 bridgehead atoms. The molecule has 1 heterocycles. The molecule has 0 spiro atoms. The Balaban J connectivity index is 2.08. The number of hydrogen-bond donors (Lipinski definition) is 1. The first-order valence-electron chi connectivity index (χ1n) is 5.26. The summed E-state index contributed by atoms with van der Waals surface area (Å²) in [6.07, 6.45) is 2.59. The smallest absolute Gasteiger partial charge is 0.229 e. The van der Waals surface area contributed by atoms with Gasteiger partial charge in [0.15, 0.2) is 5.82 Å². The first-order valence-corrected chi connectivity index (χ1v) is 5.26. The minimum atomic E-state index is 0.193. The highest BCUT2D eigenvalue weighted by Gasteiger charge is 2.32. The molecule has 4 heteroatoms. The molecule has 4 nitrogen and oxygen atoms in total. The monoisotopic (exact) mass is 195 g/mol. The minimum absolute atomic E-state index is 0.193. The first-order chi connectivity index (χ1) is 6.72. The fourth-order valence-electron chi connectivity index (χ4n) is 1.54. The highest BCUT2D eigenvalue weighted by molar-refractivity contribution is 5.01. The Bertz CT molecular complexity index is 306. The van der Waals surface area contributed by atoms with Crippen LogP contribution in [0.15, 0.2) is 4.52 Å². The molecule has 0 aromatic carbocycles. The van der Waals surface area contributed by atoms with E-state index in [1.54, 1.807) is 0 Å². The lowest BCUT2D eigenvalue weighted by atomic mass is 10.1. The van der Waals surface area contributed by atoms with Crippen molar-refractivity contribution < 1.29 is 4.52 Å². The number of nitrogens with two attached hydrogens (primary N) is 1. The SMILES string of the molecule is CC(CN)c1noc(C(C)C2CC2)n1. The number of rotatable bonds is 4. The van der Waals surface area contributed by atoms with Gasteiger partial charge in [-0.1, -0.05) is 19.0 Å². The summed E-state index contributed by atoms with van der Waals surface area (Å²) in [5.74, 6) is 2.90. The fraction of sp³-hybridized carbons (Fsp3) is 0.800. The molecule has 0 aliphatic heterocycles. The van der Waals surface area contributed by atoms with Crippen LogP contribution in [0, 0.1) is 5.92 Å². The van der Waals surface area contributed by atoms with E-state index in [1.165, 1.54) is 12.8 Å². The molecule has 78 valence electrons. The van der Waals surface area contributed by atoms with Crippen molar-refractivity contribution in [2.45, 2.75) is 38.5 Å². The molecule has 14 heavy (non-hydrogen) atoms. The Morgan fingerprint density at radius 2 is 2.21 bits per heavy atom. The van der Waals surface area contributed by atoms with Crippen LogP contribution in [0.2, 0.25) is 0 Å². The second-order valence-corrected chi connectivity index (χ2v) is 4.25. The lowest BCUT2D eigenvalue weighted by molar-refractivity contribution is 0.343. The van der Waals surface area contributed by atoms with Crippen molar-refractivity contribution in [3.8, 4) is 0 Å². The van der Waals surface area contributed by atoms with Gasteiger partial charge in [0.1, 0.15) is 0 Å². The molecule has 1 fully saturated rings. The van der Waals surface area contributed by atoms with Crippen LogP contribution >= 0.6 is 0 Å². The van der Waals surface area contributed by atoms with Gasteiger partial charge in [0.25, 0.3) is 0 Å². The maximum absolute atomic E-state index is 5.54. The summed E-state index contributed by atoms with van der Waals surface area (Å²) in [4.78, 5) is 4.38. The third-order valence-electron chi connectivity index (χ3n) is 2.97. The van der Waals surface area contributed by atoms with E-state index in [1.807, 2.05) is 6.92 Å². The van der Waals surface area contributed by atoms with Gasteiger partial charge in [-0.15, -0.1) is 0 Å². The molecule has 1 aromatic rings. The number of nitrogens with zero attached hydrogens (tertiary/aromatic N) is 2. The van der Waals surface area contributed by atoms with E-state index in [9.17, 15) is 0 Å².